The zero-order valence-electron chi connectivity index (χ0n) is 14.2. The molecule has 1 rings (SSSR count). The SMILES string of the molecule is C=Nc1c(CCC)cccc1CCCC/C(=C/C(=C)N)CC. The van der Waals surface area contributed by atoms with Crippen LogP contribution in [0.15, 0.2) is 47.1 Å². The molecule has 0 unspecified atom stereocenters. The number of hydrogen-bond acceptors (Lipinski definition) is 2. The first-order valence-electron chi connectivity index (χ1n) is 8.33. The van der Waals surface area contributed by atoms with E-state index >= 15 is 0 Å². The highest BCUT2D eigenvalue weighted by molar-refractivity contribution is 5.57. The highest BCUT2D eigenvalue weighted by Crippen LogP contribution is 2.27. The van der Waals surface area contributed by atoms with E-state index in [1.165, 1.54) is 23.1 Å². The number of nitrogens with zero attached hydrogens (tertiary/aromatic N) is 1. The number of para-hydroxylation sites is 1. The molecule has 0 spiro atoms. The summed E-state index contributed by atoms with van der Waals surface area (Å²) in [6.45, 7) is 11.9. The third-order valence-electron chi connectivity index (χ3n) is 3.92. The van der Waals surface area contributed by atoms with E-state index in [9.17, 15) is 0 Å². The molecule has 1 aromatic rings. The molecule has 2 nitrogen and oxygen atoms in total. The van der Waals surface area contributed by atoms with Crippen LogP contribution in [0.5, 0.6) is 0 Å². The van der Waals surface area contributed by atoms with Gasteiger partial charge in [-0.25, -0.2) is 0 Å². The van der Waals surface area contributed by atoms with Crippen molar-refractivity contribution in [2.45, 2.75) is 58.8 Å². The Kier molecular flexibility index (Phi) is 8.27. The van der Waals surface area contributed by atoms with Gasteiger partial charge in [0.25, 0.3) is 0 Å². The quantitative estimate of drug-likeness (QED) is 0.346. The van der Waals surface area contributed by atoms with Crippen LogP contribution < -0.4 is 5.73 Å². The van der Waals surface area contributed by atoms with Gasteiger partial charge in [-0.05, 0) is 62.4 Å². The maximum atomic E-state index is 5.66. The zero-order valence-corrected chi connectivity index (χ0v) is 14.2. The van der Waals surface area contributed by atoms with Crippen LogP contribution >= 0.6 is 0 Å². The van der Waals surface area contributed by atoms with Crippen molar-refractivity contribution in [3.63, 3.8) is 0 Å². The number of nitrogens with two attached hydrogens (primary N) is 1. The molecule has 0 saturated heterocycles. The topological polar surface area (TPSA) is 38.4 Å². The molecule has 0 aliphatic rings. The summed E-state index contributed by atoms with van der Waals surface area (Å²) in [6.07, 6.45) is 9.75. The lowest BCUT2D eigenvalue weighted by atomic mass is 9.98. The molecule has 0 atom stereocenters. The summed E-state index contributed by atoms with van der Waals surface area (Å²) < 4.78 is 0. The Morgan fingerprint density at radius 3 is 2.41 bits per heavy atom. The fraction of sp³-hybridized carbons (Fsp3) is 0.450. The van der Waals surface area contributed by atoms with Crippen molar-refractivity contribution < 1.29 is 0 Å². The molecule has 120 valence electrons. The van der Waals surface area contributed by atoms with Crippen LogP contribution in [0.25, 0.3) is 0 Å². The van der Waals surface area contributed by atoms with Crippen LogP contribution in [0, 0.1) is 0 Å². The molecule has 2 heteroatoms. The van der Waals surface area contributed by atoms with Gasteiger partial charge < -0.3 is 5.73 Å². The molecule has 0 fully saturated rings. The van der Waals surface area contributed by atoms with Crippen LogP contribution in [-0.2, 0) is 12.8 Å². The first-order chi connectivity index (χ1) is 10.6. The lowest BCUT2D eigenvalue weighted by Gasteiger charge is -2.11. The van der Waals surface area contributed by atoms with Crippen LogP contribution in [0.4, 0.5) is 5.69 Å². The van der Waals surface area contributed by atoms with Gasteiger partial charge in [0.05, 0.1) is 5.69 Å². The second-order valence-corrected chi connectivity index (χ2v) is 5.77. The van der Waals surface area contributed by atoms with E-state index < -0.39 is 0 Å². The van der Waals surface area contributed by atoms with Gasteiger partial charge in [0.15, 0.2) is 0 Å². The van der Waals surface area contributed by atoms with Gasteiger partial charge in [-0.1, -0.05) is 50.6 Å². The van der Waals surface area contributed by atoms with E-state index in [1.54, 1.807) is 0 Å². The maximum absolute atomic E-state index is 5.66. The Morgan fingerprint density at radius 2 is 1.86 bits per heavy atom. The van der Waals surface area contributed by atoms with Crippen molar-refractivity contribution in [3.05, 3.63) is 53.3 Å². The predicted molar refractivity (Wildman–Crippen MR) is 98.9 cm³/mol. The number of benzene rings is 1. The normalized spacial score (nSPS) is 11.5. The molecule has 0 saturated carbocycles. The van der Waals surface area contributed by atoms with Crippen molar-refractivity contribution >= 4 is 12.4 Å². The average Bonchev–Trinajstić information content (AvgIpc) is 2.50. The molecule has 1 aromatic carbocycles. The zero-order chi connectivity index (χ0) is 16.4. The summed E-state index contributed by atoms with van der Waals surface area (Å²) in [5, 5.41) is 0. The van der Waals surface area contributed by atoms with Crippen molar-refractivity contribution in [3.8, 4) is 0 Å². The summed E-state index contributed by atoms with van der Waals surface area (Å²) in [5.41, 5.74) is 11.4. The van der Waals surface area contributed by atoms with E-state index in [-0.39, 0.29) is 0 Å². The van der Waals surface area contributed by atoms with Crippen molar-refractivity contribution in [1.29, 1.82) is 0 Å². The van der Waals surface area contributed by atoms with Gasteiger partial charge in [0.2, 0.25) is 0 Å². The maximum Gasteiger partial charge on any atom is 0.0686 e. The fourth-order valence-electron chi connectivity index (χ4n) is 2.80. The lowest BCUT2D eigenvalue weighted by molar-refractivity contribution is 0.716. The molecule has 0 aliphatic carbocycles. The van der Waals surface area contributed by atoms with E-state index in [4.69, 9.17) is 5.73 Å². The largest absolute Gasteiger partial charge is 0.399 e. The third-order valence-corrected chi connectivity index (χ3v) is 3.92. The molecule has 0 aliphatic heterocycles. The summed E-state index contributed by atoms with van der Waals surface area (Å²) >= 11 is 0. The Labute approximate surface area is 135 Å². The van der Waals surface area contributed by atoms with Gasteiger partial charge in [-0.15, -0.1) is 0 Å². The molecule has 2 N–H and O–H groups in total. The smallest absolute Gasteiger partial charge is 0.0686 e. The first kappa shape index (κ1) is 18.2. The van der Waals surface area contributed by atoms with Crippen LogP contribution in [0.1, 0.15) is 57.1 Å². The minimum Gasteiger partial charge on any atom is -0.399 e. The number of aryl methyl sites for hydroxylation is 2. The highest BCUT2D eigenvalue weighted by Gasteiger charge is 2.06. The Bertz CT molecular complexity index is 527. The molecule has 0 radical (unpaired) electrons. The van der Waals surface area contributed by atoms with Crippen LogP contribution in [0.2, 0.25) is 0 Å². The number of rotatable bonds is 10. The molecule has 0 amide bonds. The molecule has 0 heterocycles. The minimum absolute atomic E-state index is 0.655. The first-order valence-corrected chi connectivity index (χ1v) is 8.33. The molecule has 0 aromatic heterocycles. The third kappa shape index (κ3) is 5.88. The van der Waals surface area contributed by atoms with E-state index in [1.807, 2.05) is 6.08 Å². The number of allylic oxidation sites excluding steroid dienone is 2. The molecule has 0 bridgehead atoms. The van der Waals surface area contributed by atoms with Gasteiger partial charge in [-0.3, -0.25) is 4.99 Å². The summed E-state index contributed by atoms with van der Waals surface area (Å²) in [5.74, 6) is 0. The van der Waals surface area contributed by atoms with Crippen molar-refractivity contribution in [2.24, 2.45) is 10.7 Å². The Morgan fingerprint density at radius 1 is 1.18 bits per heavy atom. The molecular formula is C20H30N2. The van der Waals surface area contributed by atoms with E-state index in [0.29, 0.717) is 5.70 Å². The monoisotopic (exact) mass is 298 g/mol. The number of aliphatic imine (C=N–C) groups is 1. The van der Waals surface area contributed by atoms with Crippen molar-refractivity contribution in [2.75, 3.05) is 0 Å². The van der Waals surface area contributed by atoms with Crippen LogP contribution in [0.3, 0.4) is 0 Å². The molecular weight excluding hydrogens is 268 g/mol. The fourth-order valence-corrected chi connectivity index (χ4v) is 2.80. The number of unbranched alkanes of at least 4 members (excludes halogenated alkanes) is 1. The van der Waals surface area contributed by atoms with Gasteiger partial charge in [0, 0.05) is 5.70 Å². The molecule has 22 heavy (non-hydrogen) atoms. The summed E-state index contributed by atoms with van der Waals surface area (Å²) in [4.78, 5) is 4.27. The lowest BCUT2D eigenvalue weighted by Crippen LogP contribution is -1.94. The van der Waals surface area contributed by atoms with Gasteiger partial charge in [-0.2, -0.15) is 0 Å². The second kappa shape index (κ2) is 9.99. The van der Waals surface area contributed by atoms with Gasteiger partial charge >= 0.3 is 0 Å². The predicted octanol–water partition coefficient (Wildman–Crippen LogP) is 5.49. The Hall–Kier alpha value is -1.83. The van der Waals surface area contributed by atoms with Crippen LogP contribution in [-0.4, -0.2) is 6.72 Å². The number of hydrogen-bond donors (Lipinski definition) is 1. The van der Waals surface area contributed by atoms with E-state index in [0.717, 1.165) is 44.2 Å². The van der Waals surface area contributed by atoms with E-state index in [2.05, 4.69) is 50.3 Å². The summed E-state index contributed by atoms with van der Waals surface area (Å²) in [6, 6.07) is 6.49. The standard InChI is InChI=1S/C20H30N2/c1-5-10-18-13-9-14-19(20(18)22-4)12-8-7-11-17(6-2)15-16(3)21/h9,13-15H,3-8,10-12,21H2,1-2H3/b17-15+. The van der Waals surface area contributed by atoms with Crippen molar-refractivity contribution in [1.82, 2.24) is 0 Å². The van der Waals surface area contributed by atoms with Gasteiger partial charge in [0.1, 0.15) is 0 Å². The second-order valence-electron chi connectivity index (χ2n) is 5.77. The minimum atomic E-state index is 0.655. The highest BCUT2D eigenvalue weighted by atomic mass is 14.7. The summed E-state index contributed by atoms with van der Waals surface area (Å²) in [7, 11) is 0. The average molecular weight is 298 g/mol. The Balaban J connectivity index is 2.60.